The number of aryl methyl sites for hydroxylation is 1. The number of carbonyl (C=O) groups excluding carboxylic acids is 1. The predicted octanol–water partition coefficient (Wildman–Crippen LogP) is 0.296. The van der Waals surface area contributed by atoms with E-state index in [2.05, 4.69) is 0 Å². The molecule has 0 saturated carbocycles. The summed E-state index contributed by atoms with van der Waals surface area (Å²) in [5.74, 6) is -0.183. The molecule has 0 fully saturated rings. The van der Waals surface area contributed by atoms with Crippen molar-refractivity contribution < 1.29 is 19.4 Å². The van der Waals surface area contributed by atoms with Gasteiger partial charge in [0.2, 0.25) is 0 Å². The molecule has 0 radical (unpaired) electrons. The number of allylic oxidation sites excluding steroid dienone is 2. The quantitative estimate of drug-likeness (QED) is 0.313. The van der Waals surface area contributed by atoms with E-state index in [9.17, 15) is 9.90 Å². The molecule has 1 aromatic rings. The van der Waals surface area contributed by atoms with Gasteiger partial charge in [-0.05, 0) is 19.3 Å². The number of ether oxygens (including phenoxy) is 2. The molecule has 0 amide bonds. The summed E-state index contributed by atoms with van der Waals surface area (Å²) in [6.07, 6.45) is 4.92. The summed E-state index contributed by atoms with van der Waals surface area (Å²) in [6, 6.07) is 7.12. The Morgan fingerprint density at radius 1 is 1.18 bits per heavy atom. The summed E-state index contributed by atoms with van der Waals surface area (Å²) >= 11 is 0. The summed E-state index contributed by atoms with van der Waals surface area (Å²) in [7, 11) is 0. The minimum atomic E-state index is -1.78. The van der Waals surface area contributed by atoms with E-state index in [1.165, 1.54) is 0 Å². The molecule has 8 heteroatoms. The van der Waals surface area contributed by atoms with E-state index in [0.717, 1.165) is 12.0 Å². The Bertz CT molecular complexity index is 741. The minimum Gasteiger partial charge on any atom is -0.459 e. The highest BCUT2D eigenvalue weighted by Gasteiger charge is 2.42. The zero-order chi connectivity index (χ0) is 20.9. The van der Waals surface area contributed by atoms with E-state index in [4.69, 9.17) is 32.4 Å². The first-order valence-electron chi connectivity index (χ1n) is 9.09. The molecule has 0 aromatic heterocycles. The maximum absolute atomic E-state index is 12.2. The number of aliphatic hydroxyl groups is 1. The van der Waals surface area contributed by atoms with E-state index in [-0.39, 0.29) is 6.61 Å². The van der Waals surface area contributed by atoms with Crippen LogP contribution in [0.4, 0.5) is 0 Å². The van der Waals surface area contributed by atoms with Gasteiger partial charge in [-0.15, -0.1) is 0 Å². The topological polar surface area (TPSA) is 160 Å². The van der Waals surface area contributed by atoms with E-state index in [1.807, 2.05) is 32.1 Å². The Morgan fingerprint density at radius 2 is 1.79 bits per heavy atom. The van der Waals surface area contributed by atoms with Crippen molar-refractivity contribution in [1.29, 1.82) is 0 Å². The third kappa shape index (κ3) is 5.71. The van der Waals surface area contributed by atoms with E-state index in [1.54, 1.807) is 24.3 Å². The van der Waals surface area contributed by atoms with Crippen LogP contribution in [-0.4, -0.2) is 35.6 Å². The molecule has 154 valence electrons. The number of aliphatic hydroxyl groups excluding tert-OH is 1. The molecular weight excluding hydrogens is 360 g/mol. The molecule has 2 atom stereocenters. The van der Waals surface area contributed by atoms with E-state index in [0.29, 0.717) is 17.1 Å². The van der Waals surface area contributed by atoms with Gasteiger partial charge in [-0.25, -0.2) is 4.79 Å². The van der Waals surface area contributed by atoms with Crippen LogP contribution in [0.5, 0.6) is 0 Å². The van der Waals surface area contributed by atoms with Crippen LogP contribution >= 0.6 is 0 Å². The standard InChI is InChI=1S/C20H30N4O4/c1-13-3-7-15(8-4-13)17(25)27-11-19(21,22)20(23,24)12-28-18(26)16-9-5-14(2)6-10-16/h3-5,7-10,14,17,25H,6,11-12,21-24H2,1-2H3. The number of hydrogen-bond donors (Lipinski definition) is 5. The Balaban J connectivity index is 1.90. The van der Waals surface area contributed by atoms with Crippen molar-refractivity contribution in [2.45, 2.75) is 37.9 Å². The molecule has 0 heterocycles. The molecule has 8 nitrogen and oxygen atoms in total. The Kier molecular flexibility index (Phi) is 7.11. The Labute approximate surface area is 165 Å². The van der Waals surface area contributed by atoms with Crippen LogP contribution in [0.1, 0.15) is 30.8 Å². The summed E-state index contributed by atoms with van der Waals surface area (Å²) in [4.78, 5) is 12.2. The van der Waals surface area contributed by atoms with Gasteiger partial charge >= 0.3 is 5.97 Å². The lowest BCUT2D eigenvalue weighted by molar-refractivity contribution is -0.145. The second-order valence-corrected chi connectivity index (χ2v) is 7.46. The highest BCUT2D eigenvalue weighted by atomic mass is 16.6. The lowest BCUT2D eigenvalue weighted by Crippen LogP contribution is -2.80. The molecule has 0 aliphatic heterocycles. The number of benzene rings is 1. The predicted molar refractivity (Wildman–Crippen MR) is 106 cm³/mol. The van der Waals surface area contributed by atoms with Crippen molar-refractivity contribution in [2.24, 2.45) is 28.9 Å². The third-order valence-electron chi connectivity index (χ3n) is 4.70. The van der Waals surface area contributed by atoms with Crippen molar-refractivity contribution in [2.75, 3.05) is 13.2 Å². The molecule has 9 N–H and O–H groups in total. The van der Waals surface area contributed by atoms with Crippen LogP contribution in [0, 0.1) is 12.8 Å². The number of hydrogen-bond acceptors (Lipinski definition) is 8. The first kappa shape index (κ1) is 22.2. The molecule has 2 unspecified atom stereocenters. The van der Waals surface area contributed by atoms with Crippen molar-refractivity contribution >= 4 is 5.97 Å². The van der Waals surface area contributed by atoms with Crippen LogP contribution < -0.4 is 22.9 Å². The van der Waals surface area contributed by atoms with Crippen molar-refractivity contribution in [3.63, 3.8) is 0 Å². The van der Waals surface area contributed by atoms with Crippen molar-refractivity contribution in [1.82, 2.24) is 0 Å². The summed E-state index contributed by atoms with van der Waals surface area (Å²) in [6.45, 7) is 3.21. The monoisotopic (exact) mass is 390 g/mol. The largest absolute Gasteiger partial charge is 0.459 e. The highest BCUT2D eigenvalue weighted by Crippen LogP contribution is 2.19. The molecule has 1 aliphatic carbocycles. The Morgan fingerprint density at radius 3 is 2.36 bits per heavy atom. The van der Waals surface area contributed by atoms with Gasteiger partial charge in [0.05, 0.1) is 12.2 Å². The lowest BCUT2D eigenvalue weighted by Gasteiger charge is -2.39. The molecule has 0 saturated heterocycles. The first-order chi connectivity index (χ1) is 13.0. The molecule has 1 aromatic carbocycles. The number of esters is 1. The maximum Gasteiger partial charge on any atom is 0.337 e. The smallest absolute Gasteiger partial charge is 0.337 e. The van der Waals surface area contributed by atoms with Crippen LogP contribution in [0.2, 0.25) is 0 Å². The lowest BCUT2D eigenvalue weighted by atomic mass is 9.97. The summed E-state index contributed by atoms with van der Waals surface area (Å²) in [5, 5.41) is 10.1. The Hall–Kier alpha value is -2.07. The average molecular weight is 390 g/mol. The van der Waals surface area contributed by atoms with E-state index >= 15 is 0 Å². The first-order valence-corrected chi connectivity index (χ1v) is 9.09. The molecular formula is C20H30N4O4. The number of nitrogens with two attached hydrogens (primary N) is 4. The van der Waals surface area contributed by atoms with Gasteiger partial charge in [0.25, 0.3) is 0 Å². The van der Waals surface area contributed by atoms with Gasteiger partial charge in [0.15, 0.2) is 6.29 Å². The highest BCUT2D eigenvalue weighted by molar-refractivity contribution is 5.91. The second-order valence-electron chi connectivity index (χ2n) is 7.46. The van der Waals surface area contributed by atoms with Gasteiger partial charge in [-0.2, -0.15) is 0 Å². The van der Waals surface area contributed by atoms with Crippen molar-refractivity contribution in [3.8, 4) is 0 Å². The van der Waals surface area contributed by atoms with Gasteiger partial charge in [0, 0.05) is 5.56 Å². The molecule has 2 rings (SSSR count). The average Bonchev–Trinajstić information content (AvgIpc) is 2.65. The van der Waals surface area contributed by atoms with Crippen LogP contribution in [-0.2, 0) is 14.3 Å². The summed E-state index contributed by atoms with van der Waals surface area (Å²) in [5.41, 5.74) is 22.5. The molecule has 28 heavy (non-hydrogen) atoms. The number of rotatable bonds is 8. The molecule has 0 spiro atoms. The van der Waals surface area contributed by atoms with E-state index < -0.39 is 30.2 Å². The van der Waals surface area contributed by atoms with Crippen LogP contribution in [0.15, 0.2) is 48.1 Å². The fourth-order valence-electron chi connectivity index (χ4n) is 2.46. The molecule has 1 aliphatic rings. The van der Waals surface area contributed by atoms with Gasteiger partial charge in [-0.1, -0.05) is 55.0 Å². The fraction of sp³-hybridized carbons (Fsp3) is 0.450. The van der Waals surface area contributed by atoms with Crippen LogP contribution in [0.25, 0.3) is 0 Å². The summed E-state index contributed by atoms with van der Waals surface area (Å²) < 4.78 is 10.5. The van der Waals surface area contributed by atoms with Gasteiger partial charge in [-0.3, -0.25) is 0 Å². The third-order valence-corrected chi connectivity index (χ3v) is 4.70. The number of carbonyl (C=O) groups is 1. The minimum absolute atomic E-state index is 0.354. The fourth-order valence-corrected chi connectivity index (χ4v) is 2.46. The normalized spacial score (nSPS) is 18.5. The molecule has 0 bridgehead atoms. The maximum atomic E-state index is 12.2. The zero-order valence-electron chi connectivity index (χ0n) is 16.3. The SMILES string of the molecule is Cc1ccc(C(O)OCC(N)(N)C(N)(N)COC(=O)C2=CCC(C)C=C2)cc1. The van der Waals surface area contributed by atoms with Gasteiger partial charge in [0.1, 0.15) is 17.9 Å². The van der Waals surface area contributed by atoms with Gasteiger partial charge < -0.3 is 37.5 Å². The zero-order valence-corrected chi connectivity index (χ0v) is 16.3. The van der Waals surface area contributed by atoms with Crippen LogP contribution in [0.3, 0.4) is 0 Å². The van der Waals surface area contributed by atoms with Crippen molar-refractivity contribution in [3.05, 3.63) is 59.2 Å². The second kappa shape index (κ2) is 8.95.